The van der Waals surface area contributed by atoms with Crippen LogP contribution in [0.3, 0.4) is 0 Å². The fourth-order valence-corrected chi connectivity index (χ4v) is 2.66. The third-order valence-electron chi connectivity index (χ3n) is 2.69. The summed E-state index contributed by atoms with van der Waals surface area (Å²) in [6, 6.07) is 0.117. The van der Waals surface area contributed by atoms with E-state index in [0.29, 0.717) is 31.7 Å². The van der Waals surface area contributed by atoms with Gasteiger partial charge in [0.25, 0.3) is 0 Å². The molecule has 0 aromatic carbocycles. The molecule has 1 aromatic heterocycles. The molecule has 1 aromatic rings. The molecule has 2 nitrogen and oxygen atoms in total. The van der Waals surface area contributed by atoms with Crippen molar-refractivity contribution in [2.75, 3.05) is 26.2 Å². The second-order valence-electron chi connectivity index (χ2n) is 3.79. The topological polar surface area (TPSA) is 15.3 Å². The van der Waals surface area contributed by atoms with Gasteiger partial charge in [0.1, 0.15) is 6.04 Å². The zero-order chi connectivity index (χ0) is 11.6. The van der Waals surface area contributed by atoms with Crippen LogP contribution in [0.4, 0.5) is 13.2 Å². The van der Waals surface area contributed by atoms with Crippen molar-refractivity contribution in [2.45, 2.75) is 12.2 Å². The van der Waals surface area contributed by atoms with E-state index < -0.39 is 12.2 Å². The van der Waals surface area contributed by atoms with Crippen molar-refractivity contribution < 1.29 is 13.2 Å². The van der Waals surface area contributed by atoms with Crippen LogP contribution in [-0.4, -0.2) is 37.3 Å². The number of thiophene rings is 1. The second-order valence-corrected chi connectivity index (χ2v) is 4.57. The molecule has 0 spiro atoms. The van der Waals surface area contributed by atoms with Gasteiger partial charge in [-0.05, 0) is 22.4 Å². The molecule has 1 N–H and O–H groups in total. The van der Waals surface area contributed by atoms with Crippen LogP contribution in [0.2, 0.25) is 0 Å². The smallest absolute Gasteiger partial charge is 0.314 e. The van der Waals surface area contributed by atoms with Gasteiger partial charge in [-0.25, -0.2) is 0 Å². The zero-order valence-corrected chi connectivity index (χ0v) is 11.9. The first kappa shape index (κ1) is 18.0. The minimum atomic E-state index is -4.20. The van der Waals surface area contributed by atoms with Gasteiger partial charge in [-0.3, -0.25) is 4.90 Å². The van der Waals surface area contributed by atoms with E-state index >= 15 is 0 Å². The maximum absolute atomic E-state index is 13.0. The van der Waals surface area contributed by atoms with Gasteiger partial charge in [0.15, 0.2) is 0 Å². The molecule has 1 fully saturated rings. The Morgan fingerprint density at radius 1 is 1.22 bits per heavy atom. The highest BCUT2D eigenvalue weighted by Gasteiger charge is 2.44. The van der Waals surface area contributed by atoms with Gasteiger partial charge in [-0.2, -0.15) is 24.5 Å². The Hall–Kier alpha value is -0.0100. The summed E-state index contributed by atoms with van der Waals surface area (Å²) < 4.78 is 39.0. The molecule has 18 heavy (non-hydrogen) atoms. The summed E-state index contributed by atoms with van der Waals surface area (Å²) in [7, 11) is 0. The minimum Gasteiger partial charge on any atom is -0.314 e. The van der Waals surface area contributed by atoms with Crippen LogP contribution >= 0.6 is 36.2 Å². The van der Waals surface area contributed by atoms with Gasteiger partial charge < -0.3 is 5.32 Å². The van der Waals surface area contributed by atoms with Gasteiger partial charge in [-0.15, -0.1) is 24.8 Å². The standard InChI is InChI=1S/C10H13F3N2S.2ClH/c11-10(12,13)9(8-1-6-16-7-8)15-4-2-14-3-5-15;;/h1,6-7,9,14H,2-5H2;2*1H/t9-;;/m0../s1. The van der Waals surface area contributed by atoms with E-state index in [-0.39, 0.29) is 24.8 Å². The normalized spacial score (nSPS) is 18.6. The second kappa shape index (κ2) is 7.55. The van der Waals surface area contributed by atoms with E-state index in [4.69, 9.17) is 0 Å². The van der Waals surface area contributed by atoms with Crippen LogP contribution in [0.1, 0.15) is 11.6 Å². The molecule has 0 radical (unpaired) electrons. The Morgan fingerprint density at radius 3 is 2.28 bits per heavy atom. The molecule has 0 unspecified atom stereocenters. The summed E-state index contributed by atoms with van der Waals surface area (Å²) >= 11 is 1.31. The first-order valence-electron chi connectivity index (χ1n) is 5.12. The Balaban J connectivity index is 0.00000144. The molecule has 1 saturated heterocycles. The summed E-state index contributed by atoms with van der Waals surface area (Å²) in [5.41, 5.74) is 0.361. The van der Waals surface area contributed by atoms with Crippen molar-refractivity contribution in [3.8, 4) is 0 Å². The van der Waals surface area contributed by atoms with Gasteiger partial charge in [0, 0.05) is 26.2 Å². The summed E-state index contributed by atoms with van der Waals surface area (Å²) in [6.45, 7) is 2.13. The summed E-state index contributed by atoms with van der Waals surface area (Å²) in [6.07, 6.45) is -4.20. The van der Waals surface area contributed by atoms with Crippen LogP contribution in [-0.2, 0) is 0 Å². The van der Waals surface area contributed by atoms with Crippen molar-refractivity contribution in [1.82, 2.24) is 10.2 Å². The quantitative estimate of drug-likeness (QED) is 0.900. The predicted molar refractivity (Wildman–Crippen MR) is 72.1 cm³/mol. The lowest BCUT2D eigenvalue weighted by Crippen LogP contribution is -2.48. The highest BCUT2D eigenvalue weighted by atomic mass is 35.5. The van der Waals surface area contributed by atoms with Crippen LogP contribution in [0.15, 0.2) is 16.8 Å². The highest BCUT2D eigenvalue weighted by Crippen LogP contribution is 2.38. The molecule has 1 atom stereocenters. The lowest BCUT2D eigenvalue weighted by molar-refractivity contribution is -0.187. The van der Waals surface area contributed by atoms with Gasteiger partial charge in [-0.1, -0.05) is 0 Å². The molecule has 1 aliphatic rings. The number of nitrogens with one attached hydrogen (secondary N) is 1. The molecule has 8 heteroatoms. The average molecular weight is 323 g/mol. The number of hydrogen-bond donors (Lipinski definition) is 1. The third kappa shape index (κ3) is 4.28. The number of alkyl halides is 3. The number of hydrogen-bond acceptors (Lipinski definition) is 3. The van der Waals surface area contributed by atoms with E-state index in [1.807, 2.05) is 0 Å². The van der Waals surface area contributed by atoms with Gasteiger partial charge in [0.05, 0.1) is 0 Å². The average Bonchev–Trinajstić information content (AvgIpc) is 2.71. The van der Waals surface area contributed by atoms with Crippen LogP contribution in [0, 0.1) is 0 Å². The largest absolute Gasteiger partial charge is 0.408 e. The van der Waals surface area contributed by atoms with E-state index in [2.05, 4.69) is 5.32 Å². The predicted octanol–water partition coefficient (Wildman–Crippen LogP) is 3.10. The van der Waals surface area contributed by atoms with Crippen molar-refractivity contribution in [3.63, 3.8) is 0 Å². The molecule has 2 rings (SSSR count). The van der Waals surface area contributed by atoms with Crippen molar-refractivity contribution in [1.29, 1.82) is 0 Å². The highest BCUT2D eigenvalue weighted by molar-refractivity contribution is 7.07. The van der Waals surface area contributed by atoms with Crippen molar-refractivity contribution in [2.24, 2.45) is 0 Å². The molecule has 0 amide bonds. The van der Waals surface area contributed by atoms with Crippen LogP contribution in [0.25, 0.3) is 0 Å². The van der Waals surface area contributed by atoms with E-state index in [9.17, 15) is 13.2 Å². The number of nitrogens with zero attached hydrogens (tertiary/aromatic N) is 1. The SMILES string of the molecule is Cl.Cl.FC(F)(F)[C@H](c1ccsc1)N1CCNCC1. The maximum atomic E-state index is 13.0. The maximum Gasteiger partial charge on any atom is 0.408 e. The fraction of sp³-hybridized carbons (Fsp3) is 0.600. The molecule has 0 bridgehead atoms. The molecular weight excluding hydrogens is 308 g/mol. The van der Waals surface area contributed by atoms with Crippen molar-refractivity contribution in [3.05, 3.63) is 22.4 Å². The Kier molecular flexibility index (Phi) is 7.54. The number of rotatable bonds is 2. The molecule has 0 aliphatic carbocycles. The van der Waals surface area contributed by atoms with Crippen LogP contribution in [0.5, 0.6) is 0 Å². The summed E-state index contributed by atoms with van der Waals surface area (Å²) in [5, 5.41) is 6.33. The van der Waals surface area contributed by atoms with Crippen LogP contribution < -0.4 is 5.32 Å². The molecule has 106 valence electrons. The Labute approximate surface area is 120 Å². The molecule has 1 aliphatic heterocycles. The Bertz CT molecular complexity index is 326. The monoisotopic (exact) mass is 322 g/mol. The zero-order valence-electron chi connectivity index (χ0n) is 9.44. The van der Waals surface area contributed by atoms with E-state index in [0.717, 1.165) is 0 Å². The Morgan fingerprint density at radius 2 is 1.83 bits per heavy atom. The number of halogens is 5. The minimum absolute atomic E-state index is 0. The fourth-order valence-electron chi connectivity index (χ4n) is 1.98. The third-order valence-corrected chi connectivity index (χ3v) is 3.39. The lowest BCUT2D eigenvalue weighted by Gasteiger charge is -2.35. The van der Waals surface area contributed by atoms with Gasteiger partial charge >= 0.3 is 6.18 Å². The van der Waals surface area contributed by atoms with E-state index in [1.54, 1.807) is 16.8 Å². The molecule has 0 saturated carbocycles. The first-order valence-corrected chi connectivity index (χ1v) is 6.07. The summed E-state index contributed by atoms with van der Waals surface area (Å²) in [4.78, 5) is 1.50. The lowest BCUT2D eigenvalue weighted by atomic mass is 10.1. The molecule has 2 heterocycles. The van der Waals surface area contributed by atoms with Crippen molar-refractivity contribution >= 4 is 36.2 Å². The van der Waals surface area contributed by atoms with Gasteiger partial charge in [0.2, 0.25) is 0 Å². The number of piperazine rings is 1. The first-order chi connectivity index (χ1) is 7.59. The summed E-state index contributed by atoms with van der Waals surface area (Å²) in [5.74, 6) is 0. The van der Waals surface area contributed by atoms with E-state index in [1.165, 1.54) is 16.2 Å². The molecular formula is C10H15Cl2F3N2S.